The molecular weight excluding hydrogens is 468 g/mol. The van der Waals surface area contributed by atoms with Crippen molar-refractivity contribution in [3.8, 4) is 11.3 Å². The number of rotatable bonds is 7. The average Bonchev–Trinajstić information content (AvgIpc) is 3.48. The van der Waals surface area contributed by atoms with E-state index in [4.69, 9.17) is 0 Å². The lowest BCUT2D eigenvalue weighted by atomic mass is 10.1. The Balaban J connectivity index is 1.36. The fourth-order valence-corrected chi connectivity index (χ4v) is 5.20. The van der Waals surface area contributed by atoms with Gasteiger partial charge in [0.15, 0.2) is 10.3 Å². The number of nitrogens with one attached hydrogen (secondary N) is 1. The Morgan fingerprint density at radius 1 is 1.12 bits per heavy atom. The van der Waals surface area contributed by atoms with E-state index in [2.05, 4.69) is 20.5 Å². The highest BCUT2D eigenvalue weighted by molar-refractivity contribution is 7.99. The summed E-state index contributed by atoms with van der Waals surface area (Å²) in [6.45, 7) is 4.60. The molecule has 1 N–H and O–H groups in total. The van der Waals surface area contributed by atoms with E-state index in [9.17, 15) is 9.59 Å². The molecule has 0 saturated carbocycles. The molecule has 2 aromatic carbocycles. The van der Waals surface area contributed by atoms with Gasteiger partial charge in [-0.1, -0.05) is 60.6 Å². The van der Waals surface area contributed by atoms with Crippen LogP contribution < -0.4 is 10.9 Å². The number of nitrogens with zero attached hydrogens (tertiary/aromatic N) is 5. The second kappa shape index (κ2) is 9.40. The number of carbonyl (C=O) groups excluding carboxylic acids is 1. The number of aromatic nitrogens is 5. The molecule has 0 atom stereocenters. The number of benzene rings is 2. The van der Waals surface area contributed by atoms with Crippen LogP contribution in [0, 0.1) is 6.92 Å². The predicted molar refractivity (Wildman–Crippen MR) is 137 cm³/mol. The minimum absolute atomic E-state index is 0.0835. The molecule has 0 unspecified atom stereocenters. The van der Waals surface area contributed by atoms with Crippen molar-refractivity contribution in [2.75, 3.05) is 11.1 Å². The van der Waals surface area contributed by atoms with Gasteiger partial charge in [-0.05, 0) is 25.5 Å². The Morgan fingerprint density at radius 3 is 2.71 bits per heavy atom. The fourth-order valence-electron chi connectivity index (χ4n) is 3.73. The zero-order valence-electron chi connectivity index (χ0n) is 18.7. The molecule has 8 nitrogen and oxygen atoms in total. The summed E-state index contributed by atoms with van der Waals surface area (Å²) in [4.78, 5) is 30.1. The van der Waals surface area contributed by atoms with Gasteiger partial charge in [0.05, 0.1) is 22.3 Å². The molecule has 0 bridgehead atoms. The third kappa shape index (κ3) is 4.22. The standard InChI is InChI=1S/C24H22N6O2S2/c1-3-12-29-21(32)17-6-4-5-7-19(17)30-23(29)27-28-24(30)34-14-20(31)26-22-25-18(13-33-22)16-10-8-15(2)9-11-16/h4-11,13H,3,12,14H2,1-2H3,(H,25,26,31). The van der Waals surface area contributed by atoms with E-state index < -0.39 is 0 Å². The second-order valence-electron chi connectivity index (χ2n) is 7.83. The zero-order valence-corrected chi connectivity index (χ0v) is 20.3. The number of aryl methyl sites for hydroxylation is 2. The molecule has 0 aliphatic rings. The molecule has 172 valence electrons. The quantitative estimate of drug-likeness (QED) is 0.335. The van der Waals surface area contributed by atoms with Gasteiger partial charge in [0, 0.05) is 17.5 Å². The molecule has 5 aromatic rings. The smallest absolute Gasteiger partial charge is 0.262 e. The topological polar surface area (TPSA) is 94.2 Å². The van der Waals surface area contributed by atoms with E-state index in [1.807, 2.05) is 66.1 Å². The van der Waals surface area contributed by atoms with Gasteiger partial charge in [0.25, 0.3) is 5.56 Å². The summed E-state index contributed by atoms with van der Waals surface area (Å²) in [5.41, 5.74) is 3.67. The summed E-state index contributed by atoms with van der Waals surface area (Å²) < 4.78 is 3.49. The molecule has 34 heavy (non-hydrogen) atoms. The van der Waals surface area contributed by atoms with Crippen molar-refractivity contribution in [3.05, 3.63) is 69.8 Å². The summed E-state index contributed by atoms with van der Waals surface area (Å²) in [5.74, 6) is 0.440. The van der Waals surface area contributed by atoms with Gasteiger partial charge in [-0.25, -0.2) is 4.98 Å². The Bertz CT molecular complexity index is 1550. The first-order valence-corrected chi connectivity index (χ1v) is 12.7. The van der Waals surface area contributed by atoms with Crippen molar-refractivity contribution in [2.45, 2.75) is 32.0 Å². The van der Waals surface area contributed by atoms with E-state index in [-0.39, 0.29) is 17.2 Å². The van der Waals surface area contributed by atoms with Crippen molar-refractivity contribution in [2.24, 2.45) is 0 Å². The normalized spacial score (nSPS) is 11.4. The van der Waals surface area contributed by atoms with Crippen LogP contribution in [-0.2, 0) is 11.3 Å². The van der Waals surface area contributed by atoms with Gasteiger partial charge in [-0.15, -0.1) is 21.5 Å². The Hall–Kier alpha value is -3.50. The molecule has 3 aromatic heterocycles. The number of amides is 1. The zero-order chi connectivity index (χ0) is 23.7. The number of carbonyl (C=O) groups is 1. The molecule has 0 spiro atoms. The third-order valence-electron chi connectivity index (χ3n) is 5.36. The van der Waals surface area contributed by atoms with Crippen LogP contribution in [0.4, 0.5) is 5.13 Å². The van der Waals surface area contributed by atoms with Crippen molar-refractivity contribution in [1.82, 2.24) is 24.1 Å². The van der Waals surface area contributed by atoms with Crippen LogP contribution in [0.3, 0.4) is 0 Å². The minimum Gasteiger partial charge on any atom is -0.301 e. The molecule has 0 radical (unpaired) electrons. The number of thiazole rings is 1. The molecule has 10 heteroatoms. The van der Waals surface area contributed by atoms with Crippen LogP contribution in [0.25, 0.3) is 27.9 Å². The highest BCUT2D eigenvalue weighted by Gasteiger charge is 2.17. The SMILES string of the molecule is CCCn1c(=O)c2ccccc2n2c(SCC(=O)Nc3nc(-c4ccc(C)cc4)cs3)nnc12. The summed E-state index contributed by atoms with van der Waals surface area (Å²) >= 11 is 2.67. The Morgan fingerprint density at radius 2 is 1.91 bits per heavy atom. The summed E-state index contributed by atoms with van der Waals surface area (Å²) in [5, 5.41) is 15.1. The number of thioether (sulfide) groups is 1. The number of anilines is 1. The molecule has 3 heterocycles. The monoisotopic (exact) mass is 490 g/mol. The summed E-state index contributed by atoms with van der Waals surface area (Å²) in [6.07, 6.45) is 0.796. The predicted octanol–water partition coefficient (Wildman–Crippen LogP) is 4.62. The first-order chi connectivity index (χ1) is 16.5. The molecular formula is C24H22N6O2S2. The van der Waals surface area contributed by atoms with Crippen LogP contribution in [-0.4, -0.2) is 35.8 Å². The van der Waals surface area contributed by atoms with Crippen LogP contribution in [0.2, 0.25) is 0 Å². The van der Waals surface area contributed by atoms with E-state index in [0.717, 1.165) is 23.2 Å². The van der Waals surface area contributed by atoms with Gasteiger partial charge < -0.3 is 5.32 Å². The van der Waals surface area contributed by atoms with Crippen LogP contribution >= 0.6 is 23.1 Å². The molecule has 0 aliphatic carbocycles. The third-order valence-corrected chi connectivity index (χ3v) is 7.04. The van der Waals surface area contributed by atoms with Crippen molar-refractivity contribution >= 4 is 50.8 Å². The lowest BCUT2D eigenvalue weighted by molar-refractivity contribution is -0.113. The van der Waals surface area contributed by atoms with Gasteiger partial charge in [0.1, 0.15) is 0 Å². The van der Waals surface area contributed by atoms with Gasteiger partial charge in [-0.3, -0.25) is 18.6 Å². The number of hydrogen-bond acceptors (Lipinski definition) is 7. The van der Waals surface area contributed by atoms with E-state index in [0.29, 0.717) is 28.0 Å². The average molecular weight is 491 g/mol. The number of fused-ring (bicyclic) bond motifs is 3. The van der Waals surface area contributed by atoms with Crippen LogP contribution in [0.5, 0.6) is 0 Å². The van der Waals surface area contributed by atoms with Crippen molar-refractivity contribution < 1.29 is 4.79 Å². The largest absolute Gasteiger partial charge is 0.301 e. The maximum Gasteiger partial charge on any atom is 0.262 e. The molecule has 0 saturated heterocycles. The first-order valence-electron chi connectivity index (χ1n) is 10.9. The second-order valence-corrected chi connectivity index (χ2v) is 9.63. The lowest BCUT2D eigenvalue weighted by Gasteiger charge is -2.10. The molecule has 0 aliphatic heterocycles. The van der Waals surface area contributed by atoms with Crippen molar-refractivity contribution in [1.29, 1.82) is 0 Å². The van der Waals surface area contributed by atoms with Crippen molar-refractivity contribution in [3.63, 3.8) is 0 Å². The number of hydrogen-bond donors (Lipinski definition) is 1. The number of para-hydroxylation sites is 1. The van der Waals surface area contributed by atoms with Crippen LogP contribution in [0.1, 0.15) is 18.9 Å². The summed E-state index contributed by atoms with van der Waals surface area (Å²) in [7, 11) is 0. The maximum atomic E-state index is 12.9. The molecule has 1 amide bonds. The van der Waals surface area contributed by atoms with Gasteiger partial charge in [0.2, 0.25) is 11.7 Å². The van der Waals surface area contributed by atoms with E-state index >= 15 is 0 Å². The summed E-state index contributed by atoms with van der Waals surface area (Å²) in [6, 6.07) is 15.5. The Kier molecular flexibility index (Phi) is 6.16. The minimum atomic E-state index is -0.183. The maximum absolute atomic E-state index is 12.9. The van der Waals surface area contributed by atoms with E-state index in [1.165, 1.54) is 28.7 Å². The van der Waals surface area contributed by atoms with Gasteiger partial charge >= 0.3 is 0 Å². The highest BCUT2D eigenvalue weighted by Crippen LogP contribution is 2.26. The fraction of sp³-hybridized carbons (Fsp3) is 0.208. The van der Waals surface area contributed by atoms with Crippen LogP contribution in [0.15, 0.2) is 63.9 Å². The first kappa shape index (κ1) is 22.3. The lowest BCUT2D eigenvalue weighted by Crippen LogP contribution is -2.23. The molecule has 5 rings (SSSR count). The molecule has 0 fully saturated rings. The highest BCUT2D eigenvalue weighted by atomic mass is 32.2. The Labute approximate surface area is 203 Å². The van der Waals surface area contributed by atoms with E-state index in [1.54, 1.807) is 10.6 Å². The van der Waals surface area contributed by atoms with Gasteiger partial charge in [-0.2, -0.15) is 0 Å².